The molecule has 1 unspecified atom stereocenters. The van der Waals surface area contributed by atoms with Crippen molar-refractivity contribution in [1.29, 1.82) is 0 Å². The quantitative estimate of drug-likeness (QED) is 0.323. The van der Waals surface area contributed by atoms with Gasteiger partial charge in [0.05, 0.1) is 4.47 Å². The Morgan fingerprint density at radius 1 is 0.852 bits per heavy atom. The molecule has 0 aliphatic heterocycles. The van der Waals surface area contributed by atoms with Crippen molar-refractivity contribution < 1.29 is 9.13 Å². The lowest BCUT2D eigenvalue weighted by Gasteiger charge is -2.27. The summed E-state index contributed by atoms with van der Waals surface area (Å²) in [6, 6.07) is 22.3. The van der Waals surface area contributed by atoms with E-state index in [9.17, 15) is 4.39 Å². The Bertz CT molecular complexity index is 1150. The number of rotatable bonds is 2. The molecule has 0 saturated carbocycles. The number of hydrogen-bond donors (Lipinski definition) is 0. The monoisotopic (exact) mass is 420 g/mol. The molecule has 27 heavy (non-hydrogen) atoms. The molecule has 0 saturated heterocycles. The topological polar surface area (TPSA) is 9.23 Å². The van der Waals surface area contributed by atoms with E-state index in [-0.39, 0.29) is 11.9 Å². The maximum Gasteiger partial charge on any atom is 0.169 e. The Kier molecular flexibility index (Phi) is 4.13. The van der Waals surface area contributed by atoms with Crippen LogP contribution in [0.1, 0.15) is 17.5 Å². The number of benzene rings is 4. The fraction of sp³-hybridized carbons (Fsp3) is 0.167. The maximum atomic E-state index is 14.1. The summed E-state index contributed by atoms with van der Waals surface area (Å²) in [5, 5.41) is 5.21. The van der Waals surface area contributed by atoms with E-state index >= 15 is 0 Å². The lowest BCUT2D eigenvalue weighted by Crippen LogP contribution is -2.26. The molecule has 134 valence electrons. The van der Waals surface area contributed by atoms with Crippen LogP contribution in [0.15, 0.2) is 71.2 Å². The number of ether oxygens (including phenoxy) is 1. The van der Waals surface area contributed by atoms with Gasteiger partial charge in [0.25, 0.3) is 0 Å². The van der Waals surface area contributed by atoms with Gasteiger partial charge in [0, 0.05) is 6.42 Å². The lowest BCUT2D eigenvalue weighted by molar-refractivity contribution is 0.176. The number of para-hydroxylation sites is 1. The van der Waals surface area contributed by atoms with E-state index in [0.29, 0.717) is 10.2 Å². The molecule has 0 aromatic heterocycles. The summed E-state index contributed by atoms with van der Waals surface area (Å²) in [4.78, 5) is 0. The number of fused-ring (bicyclic) bond motifs is 5. The molecule has 1 aliphatic carbocycles. The summed E-state index contributed by atoms with van der Waals surface area (Å²) < 4.78 is 20.8. The first-order valence-electron chi connectivity index (χ1n) is 9.23. The third kappa shape index (κ3) is 2.90. The molecule has 5 rings (SSSR count). The van der Waals surface area contributed by atoms with Crippen molar-refractivity contribution in [2.75, 3.05) is 0 Å². The van der Waals surface area contributed by atoms with Crippen LogP contribution in [0, 0.1) is 5.82 Å². The molecule has 0 bridgehead atoms. The minimum Gasteiger partial charge on any atom is -0.486 e. The zero-order valence-corrected chi connectivity index (χ0v) is 16.3. The minimum absolute atomic E-state index is 0.0105. The summed E-state index contributed by atoms with van der Waals surface area (Å²) >= 11 is 3.40. The predicted octanol–water partition coefficient (Wildman–Crippen LogP) is 6.83. The van der Waals surface area contributed by atoms with Crippen LogP contribution in [-0.4, -0.2) is 6.10 Å². The zero-order chi connectivity index (χ0) is 18.4. The Labute approximate surface area is 165 Å². The fourth-order valence-corrected chi connectivity index (χ4v) is 4.63. The van der Waals surface area contributed by atoms with Crippen LogP contribution >= 0.6 is 15.9 Å². The normalized spacial score (nSPS) is 16.4. The van der Waals surface area contributed by atoms with Gasteiger partial charge in [-0.3, -0.25) is 0 Å². The van der Waals surface area contributed by atoms with Gasteiger partial charge in [-0.15, -0.1) is 0 Å². The Morgan fingerprint density at radius 2 is 1.70 bits per heavy atom. The SMILES string of the molecule is Fc1cccc(Br)c1OC1CCc2c(ccc3c2ccc2ccccc23)C1. The van der Waals surface area contributed by atoms with Crippen LogP contribution < -0.4 is 4.74 Å². The van der Waals surface area contributed by atoms with Gasteiger partial charge < -0.3 is 4.74 Å². The maximum absolute atomic E-state index is 14.1. The van der Waals surface area contributed by atoms with E-state index in [0.717, 1.165) is 19.3 Å². The molecule has 0 spiro atoms. The highest BCUT2D eigenvalue weighted by Crippen LogP contribution is 2.36. The van der Waals surface area contributed by atoms with Gasteiger partial charge >= 0.3 is 0 Å². The van der Waals surface area contributed by atoms with Crippen LogP contribution in [0.2, 0.25) is 0 Å². The minimum atomic E-state index is -0.319. The summed E-state index contributed by atoms with van der Waals surface area (Å²) in [5.74, 6) is -0.00196. The van der Waals surface area contributed by atoms with E-state index in [1.807, 2.05) is 6.07 Å². The third-order valence-electron chi connectivity index (χ3n) is 5.50. The molecular weight excluding hydrogens is 403 g/mol. The molecule has 0 fully saturated rings. The van der Waals surface area contributed by atoms with E-state index in [2.05, 4.69) is 64.5 Å². The predicted molar refractivity (Wildman–Crippen MR) is 112 cm³/mol. The van der Waals surface area contributed by atoms with Crippen molar-refractivity contribution in [3.05, 3.63) is 88.1 Å². The second-order valence-corrected chi connectivity index (χ2v) is 7.97. The molecule has 4 aromatic carbocycles. The van der Waals surface area contributed by atoms with E-state index in [1.165, 1.54) is 38.7 Å². The smallest absolute Gasteiger partial charge is 0.169 e. The van der Waals surface area contributed by atoms with Gasteiger partial charge in [0.2, 0.25) is 0 Å². The fourth-order valence-electron chi connectivity index (χ4n) is 4.20. The largest absolute Gasteiger partial charge is 0.486 e. The Morgan fingerprint density at radius 3 is 2.59 bits per heavy atom. The van der Waals surface area contributed by atoms with Crippen molar-refractivity contribution >= 4 is 37.5 Å². The van der Waals surface area contributed by atoms with Crippen molar-refractivity contribution in [2.45, 2.75) is 25.4 Å². The van der Waals surface area contributed by atoms with Crippen molar-refractivity contribution in [3.63, 3.8) is 0 Å². The number of aryl methyl sites for hydroxylation is 1. The van der Waals surface area contributed by atoms with Crippen LogP contribution in [0.3, 0.4) is 0 Å². The van der Waals surface area contributed by atoms with Crippen LogP contribution in [-0.2, 0) is 12.8 Å². The number of halogens is 2. The summed E-state index contributed by atoms with van der Waals surface area (Å²) in [6.07, 6.45) is 2.63. The first-order valence-corrected chi connectivity index (χ1v) is 10.0. The van der Waals surface area contributed by atoms with Crippen molar-refractivity contribution in [3.8, 4) is 5.75 Å². The first-order chi connectivity index (χ1) is 13.2. The Balaban J connectivity index is 1.51. The summed E-state index contributed by atoms with van der Waals surface area (Å²) in [7, 11) is 0. The van der Waals surface area contributed by atoms with E-state index in [4.69, 9.17) is 4.74 Å². The van der Waals surface area contributed by atoms with Gasteiger partial charge in [-0.1, -0.05) is 54.6 Å². The molecule has 4 aromatic rings. The van der Waals surface area contributed by atoms with Crippen molar-refractivity contribution in [1.82, 2.24) is 0 Å². The number of hydrogen-bond acceptors (Lipinski definition) is 1. The molecule has 3 heteroatoms. The summed E-state index contributed by atoms with van der Waals surface area (Å²) in [6.45, 7) is 0. The molecule has 1 atom stereocenters. The van der Waals surface area contributed by atoms with E-state index in [1.54, 1.807) is 6.07 Å². The molecule has 1 nitrogen and oxygen atoms in total. The second-order valence-electron chi connectivity index (χ2n) is 7.12. The average Bonchev–Trinajstić information content (AvgIpc) is 2.70. The molecule has 0 amide bonds. The van der Waals surface area contributed by atoms with Crippen molar-refractivity contribution in [2.24, 2.45) is 0 Å². The highest BCUT2D eigenvalue weighted by Gasteiger charge is 2.23. The van der Waals surface area contributed by atoms with Crippen LogP contribution in [0.25, 0.3) is 21.5 Å². The van der Waals surface area contributed by atoms with Gasteiger partial charge in [-0.25, -0.2) is 4.39 Å². The molecule has 0 radical (unpaired) electrons. The van der Waals surface area contributed by atoms with Crippen LogP contribution in [0.4, 0.5) is 4.39 Å². The molecular formula is C24H18BrFO. The zero-order valence-electron chi connectivity index (χ0n) is 14.7. The van der Waals surface area contributed by atoms with Gasteiger partial charge in [0.1, 0.15) is 6.10 Å². The standard InChI is InChI=1S/C24H18BrFO/c25-22-6-3-7-23(26)24(22)27-17-10-13-19-16(14-17)9-12-20-18-5-2-1-4-15(18)8-11-21(19)20/h1-9,11-12,17H,10,13-14H2. The highest BCUT2D eigenvalue weighted by atomic mass is 79.9. The Hall–Kier alpha value is -2.39. The highest BCUT2D eigenvalue weighted by molar-refractivity contribution is 9.10. The average molecular weight is 421 g/mol. The summed E-state index contributed by atoms with van der Waals surface area (Å²) in [5.41, 5.74) is 2.71. The van der Waals surface area contributed by atoms with E-state index < -0.39 is 0 Å². The lowest BCUT2D eigenvalue weighted by atomic mass is 9.85. The molecule has 0 N–H and O–H groups in total. The molecule has 1 aliphatic rings. The third-order valence-corrected chi connectivity index (χ3v) is 6.13. The van der Waals surface area contributed by atoms with Gasteiger partial charge in [-0.2, -0.15) is 0 Å². The first kappa shape index (κ1) is 16.8. The van der Waals surface area contributed by atoms with Gasteiger partial charge in [-0.05, 0) is 73.6 Å². The molecule has 0 heterocycles. The second kappa shape index (κ2) is 6.65. The van der Waals surface area contributed by atoms with Crippen LogP contribution in [0.5, 0.6) is 5.75 Å². The van der Waals surface area contributed by atoms with Gasteiger partial charge in [0.15, 0.2) is 11.6 Å².